The van der Waals surface area contributed by atoms with Crippen LogP contribution in [0.15, 0.2) is 120 Å². The molecule has 0 aliphatic rings. The average molecular weight is 763 g/mol. The lowest BCUT2D eigenvalue weighted by Crippen LogP contribution is -2.18. The SMILES string of the molecule is Cc1ccc(Cn2c(=O)[nH]c3cnc(-n4cnc5cc(C#N)ccc54)nc32)cc1.Cc1ccc(Cn2c(=O)[nH]c3cnc(-n4cnc5ccc(C#N)cc54)nc32)cc1. The lowest BCUT2D eigenvalue weighted by molar-refractivity contribution is 0.774. The second kappa shape index (κ2) is 14.3. The van der Waals surface area contributed by atoms with Crippen molar-refractivity contribution in [3.05, 3.63) is 164 Å². The van der Waals surface area contributed by atoms with Crippen molar-refractivity contribution >= 4 is 44.4 Å². The summed E-state index contributed by atoms with van der Waals surface area (Å²) in [6, 6.07) is 30.8. The molecule has 10 rings (SSSR count). The van der Waals surface area contributed by atoms with E-state index in [0.717, 1.165) is 38.8 Å². The number of benzene rings is 4. The second-order valence-electron chi connectivity index (χ2n) is 13.7. The fourth-order valence-corrected chi connectivity index (χ4v) is 6.63. The van der Waals surface area contributed by atoms with Crippen LogP contribution in [-0.4, -0.2) is 58.1 Å². The molecule has 0 unspecified atom stereocenters. The largest absolute Gasteiger partial charge is 0.328 e. The Morgan fingerprint density at radius 1 is 0.569 bits per heavy atom. The van der Waals surface area contributed by atoms with Crippen molar-refractivity contribution in [2.45, 2.75) is 26.9 Å². The van der Waals surface area contributed by atoms with E-state index in [2.05, 4.69) is 52.0 Å². The van der Waals surface area contributed by atoms with Gasteiger partial charge in [0.15, 0.2) is 11.3 Å². The van der Waals surface area contributed by atoms with E-state index in [1.54, 1.807) is 73.6 Å². The third-order valence-electron chi connectivity index (χ3n) is 9.70. The van der Waals surface area contributed by atoms with Crippen LogP contribution in [0.5, 0.6) is 0 Å². The summed E-state index contributed by atoms with van der Waals surface area (Å²) in [6.07, 6.45) is 6.41. The van der Waals surface area contributed by atoms with Crippen molar-refractivity contribution in [1.29, 1.82) is 10.5 Å². The number of fused-ring (bicyclic) bond motifs is 4. The monoisotopic (exact) mass is 762 g/mol. The molecular weight excluding hydrogens is 733 g/mol. The van der Waals surface area contributed by atoms with Crippen LogP contribution >= 0.6 is 0 Å². The number of imidazole rings is 4. The van der Waals surface area contributed by atoms with Crippen molar-refractivity contribution in [2.75, 3.05) is 0 Å². The fraction of sp³-hybridized carbons (Fsp3) is 0.0952. The van der Waals surface area contributed by atoms with Gasteiger partial charge in [0, 0.05) is 0 Å². The Balaban J connectivity index is 0.000000150. The molecule has 0 amide bonds. The zero-order chi connectivity index (χ0) is 39.9. The molecular formula is C42H30N14O2. The van der Waals surface area contributed by atoms with Gasteiger partial charge >= 0.3 is 11.4 Å². The molecule has 6 aromatic heterocycles. The molecule has 58 heavy (non-hydrogen) atoms. The first kappa shape index (κ1) is 35.2. The molecule has 0 saturated heterocycles. The normalized spacial score (nSPS) is 11.2. The van der Waals surface area contributed by atoms with E-state index in [1.165, 1.54) is 0 Å². The first-order valence-corrected chi connectivity index (χ1v) is 18.0. The lowest BCUT2D eigenvalue weighted by Gasteiger charge is -2.06. The highest BCUT2D eigenvalue weighted by Crippen LogP contribution is 2.21. The molecule has 0 spiro atoms. The number of aromatic amines is 2. The molecule has 0 aliphatic carbocycles. The van der Waals surface area contributed by atoms with Crippen LogP contribution in [0.1, 0.15) is 33.4 Å². The van der Waals surface area contributed by atoms with E-state index in [4.69, 9.17) is 5.26 Å². The summed E-state index contributed by atoms with van der Waals surface area (Å²) >= 11 is 0. The summed E-state index contributed by atoms with van der Waals surface area (Å²) in [4.78, 5) is 57.3. The van der Waals surface area contributed by atoms with Crippen LogP contribution in [0.3, 0.4) is 0 Å². The third-order valence-corrected chi connectivity index (χ3v) is 9.70. The first-order valence-electron chi connectivity index (χ1n) is 18.0. The van der Waals surface area contributed by atoms with E-state index in [9.17, 15) is 14.9 Å². The number of hydrogen-bond acceptors (Lipinski definition) is 10. The summed E-state index contributed by atoms with van der Waals surface area (Å²) < 4.78 is 6.63. The molecule has 0 saturated carbocycles. The minimum absolute atomic E-state index is 0.235. The number of aromatic nitrogens is 12. The molecule has 10 aromatic rings. The standard InChI is InChI=1S/2C21H15N7O/c1-13-2-4-14(5-3-13)11-27-19-17(25-21(27)29)10-23-20(26-19)28-12-24-16-8-15(9-22)6-7-18(16)28;1-13-2-4-14(5-3-13)11-27-19-17(25-21(27)29)10-23-20(26-19)28-12-24-16-7-6-15(9-22)8-18(16)28/h2*2-8,10,12H,11H2,1H3,(H,25,29). The smallest absolute Gasteiger partial charge is 0.303 e. The number of H-pyrrole nitrogens is 2. The van der Waals surface area contributed by atoms with E-state index in [0.29, 0.717) is 64.0 Å². The number of hydrogen-bond donors (Lipinski definition) is 2. The highest BCUT2D eigenvalue weighted by molar-refractivity contribution is 5.80. The van der Waals surface area contributed by atoms with Crippen LogP contribution in [0.4, 0.5) is 0 Å². The van der Waals surface area contributed by atoms with Gasteiger partial charge in [-0.3, -0.25) is 18.3 Å². The van der Waals surface area contributed by atoms with E-state index >= 15 is 0 Å². The van der Waals surface area contributed by atoms with Crippen molar-refractivity contribution in [1.82, 2.24) is 58.1 Å². The van der Waals surface area contributed by atoms with Gasteiger partial charge in [-0.2, -0.15) is 20.5 Å². The summed E-state index contributed by atoms with van der Waals surface area (Å²) in [6.45, 7) is 4.86. The lowest BCUT2D eigenvalue weighted by atomic mass is 10.1. The maximum Gasteiger partial charge on any atom is 0.328 e. The topological polar surface area (TPSA) is 210 Å². The highest BCUT2D eigenvalue weighted by Gasteiger charge is 2.16. The molecule has 0 radical (unpaired) electrons. The highest BCUT2D eigenvalue weighted by atomic mass is 16.1. The zero-order valence-electron chi connectivity index (χ0n) is 31.0. The van der Waals surface area contributed by atoms with E-state index < -0.39 is 0 Å². The first-order chi connectivity index (χ1) is 28.2. The van der Waals surface area contributed by atoms with Gasteiger partial charge in [0.1, 0.15) is 23.7 Å². The molecule has 4 aromatic carbocycles. The Kier molecular flexibility index (Phi) is 8.68. The van der Waals surface area contributed by atoms with Crippen LogP contribution in [0.2, 0.25) is 0 Å². The summed E-state index contributed by atoms with van der Waals surface area (Å²) in [5.41, 5.74) is 10.0. The predicted molar refractivity (Wildman–Crippen MR) is 216 cm³/mol. The molecule has 0 aliphatic heterocycles. The maximum absolute atomic E-state index is 12.5. The Labute approximate surface area is 327 Å². The maximum atomic E-state index is 12.5. The summed E-state index contributed by atoms with van der Waals surface area (Å²) in [5.74, 6) is 0.785. The zero-order valence-corrected chi connectivity index (χ0v) is 31.0. The van der Waals surface area contributed by atoms with Crippen molar-refractivity contribution in [2.24, 2.45) is 0 Å². The second-order valence-corrected chi connectivity index (χ2v) is 13.7. The number of rotatable bonds is 6. The number of nitriles is 2. The van der Waals surface area contributed by atoms with Gasteiger partial charge in [-0.25, -0.2) is 29.5 Å². The Bertz CT molecular complexity index is 3390. The van der Waals surface area contributed by atoms with Crippen molar-refractivity contribution < 1.29 is 0 Å². The molecule has 0 bridgehead atoms. The number of nitrogens with one attached hydrogen (secondary N) is 2. The van der Waals surface area contributed by atoms with Gasteiger partial charge in [-0.1, -0.05) is 59.7 Å². The predicted octanol–water partition coefficient (Wildman–Crippen LogP) is 5.37. The van der Waals surface area contributed by atoms with Gasteiger partial charge in [0.2, 0.25) is 11.9 Å². The molecule has 2 N–H and O–H groups in total. The minimum atomic E-state index is -0.241. The minimum Gasteiger partial charge on any atom is -0.303 e. The summed E-state index contributed by atoms with van der Waals surface area (Å²) in [7, 11) is 0. The molecule has 0 fully saturated rings. The number of nitrogens with zero attached hydrogens (tertiary/aromatic N) is 12. The van der Waals surface area contributed by atoms with Crippen LogP contribution in [-0.2, 0) is 13.1 Å². The Morgan fingerprint density at radius 3 is 1.59 bits per heavy atom. The van der Waals surface area contributed by atoms with Crippen molar-refractivity contribution in [3.8, 4) is 24.0 Å². The third kappa shape index (κ3) is 6.52. The molecule has 16 nitrogen and oxygen atoms in total. The molecule has 16 heteroatoms. The quantitative estimate of drug-likeness (QED) is 0.221. The van der Waals surface area contributed by atoms with Crippen LogP contribution in [0.25, 0.3) is 56.3 Å². The van der Waals surface area contributed by atoms with Gasteiger partial charge in [0.05, 0.1) is 70.8 Å². The molecule has 6 heterocycles. The summed E-state index contributed by atoms with van der Waals surface area (Å²) in [5, 5.41) is 18.2. The van der Waals surface area contributed by atoms with Gasteiger partial charge in [0.25, 0.3) is 0 Å². The van der Waals surface area contributed by atoms with E-state index in [1.807, 2.05) is 68.4 Å². The van der Waals surface area contributed by atoms with Gasteiger partial charge < -0.3 is 9.97 Å². The van der Waals surface area contributed by atoms with Gasteiger partial charge in [-0.15, -0.1) is 0 Å². The van der Waals surface area contributed by atoms with Gasteiger partial charge in [-0.05, 0) is 61.4 Å². The molecule has 0 atom stereocenters. The van der Waals surface area contributed by atoms with E-state index in [-0.39, 0.29) is 11.4 Å². The fourth-order valence-electron chi connectivity index (χ4n) is 6.63. The van der Waals surface area contributed by atoms with Crippen LogP contribution in [0, 0.1) is 36.5 Å². The van der Waals surface area contributed by atoms with Crippen LogP contribution < -0.4 is 11.4 Å². The average Bonchev–Trinajstić information content (AvgIpc) is 4.02. The Hall–Kier alpha value is -8.50. The Morgan fingerprint density at radius 2 is 1.05 bits per heavy atom. The van der Waals surface area contributed by atoms with Crippen molar-refractivity contribution in [3.63, 3.8) is 0 Å². The molecule has 280 valence electrons. The number of aryl methyl sites for hydroxylation is 2.